The van der Waals surface area contributed by atoms with Gasteiger partial charge < -0.3 is 9.30 Å². The van der Waals surface area contributed by atoms with Gasteiger partial charge in [0, 0.05) is 11.4 Å². The van der Waals surface area contributed by atoms with E-state index in [1.807, 2.05) is 42.5 Å². The molecule has 5 nitrogen and oxygen atoms in total. The minimum atomic E-state index is 0.239. The lowest BCUT2D eigenvalue weighted by molar-refractivity contribution is 0.0989. The zero-order valence-corrected chi connectivity index (χ0v) is 18.2. The molecule has 0 saturated heterocycles. The highest BCUT2D eigenvalue weighted by atomic mass is 32.2. The predicted molar refractivity (Wildman–Crippen MR) is 117 cm³/mol. The molecule has 2 aromatic carbocycles. The van der Waals surface area contributed by atoms with Gasteiger partial charge in [-0.05, 0) is 36.6 Å². The molecular weight excluding hydrogens is 392 g/mol. The van der Waals surface area contributed by atoms with E-state index < -0.39 is 0 Å². The van der Waals surface area contributed by atoms with E-state index >= 15 is 0 Å². The van der Waals surface area contributed by atoms with Crippen molar-refractivity contribution in [1.82, 2.24) is 9.55 Å². The summed E-state index contributed by atoms with van der Waals surface area (Å²) in [5.41, 5.74) is 3.09. The summed E-state index contributed by atoms with van der Waals surface area (Å²) in [6.07, 6.45) is 0. The van der Waals surface area contributed by atoms with Gasteiger partial charge in [0.1, 0.15) is 17.5 Å². The highest BCUT2D eigenvalue weighted by molar-refractivity contribution is 7.99. The van der Waals surface area contributed by atoms with Gasteiger partial charge in [0.15, 0.2) is 0 Å². The molecule has 0 spiro atoms. The third kappa shape index (κ3) is 5.10. The third-order valence-corrected chi connectivity index (χ3v) is 5.70. The van der Waals surface area contributed by atoms with E-state index in [4.69, 9.17) is 9.72 Å². The maximum atomic E-state index is 9.28. The Labute approximate surface area is 181 Å². The van der Waals surface area contributed by atoms with E-state index in [0.717, 1.165) is 33.5 Å². The number of rotatable bonds is 8. The molecule has 0 aliphatic heterocycles. The summed E-state index contributed by atoms with van der Waals surface area (Å²) in [6, 6.07) is 19.6. The fourth-order valence-corrected chi connectivity index (χ4v) is 4.48. The molecule has 30 heavy (non-hydrogen) atoms. The Balaban J connectivity index is 1.88. The molecule has 0 aliphatic carbocycles. The number of hydrogen-bond acceptors (Lipinski definition) is 5. The highest BCUT2D eigenvalue weighted by Gasteiger charge is 2.20. The highest BCUT2D eigenvalue weighted by Crippen LogP contribution is 2.36. The minimum absolute atomic E-state index is 0.239. The van der Waals surface area contributed by atoms with Crippen molar-refractivity contribution in [3.05, 3.63) is 76.7 Å². The monoisotopic (exact) mass is 416 g/mol. The van der Waals surface area contributed by atoms with Gasteiger partial charge >= 0.3 is 0 Å². The Morgan fingerprint density at radius 1 is 1.03 bits per heavy atom. The van der Waals surface area contributed by atoms with Gasteiger partial charge in [-0.1, -0.05) is 55.9 Å². The van der Waals surface area contributed by atoms with Crippen LogP contribution in [-0.4, -0.2) is 9.55 Å². The minimum Gasteiger partial charge on any atom is -0.369 e. The number of hydrogen-bond donors (Lipinski definition) is 0. The maximum absolute atomic E-state index is 9.28. The van der Waals surface area contributed by atoms with Crippen molar-refractivity contribution in [1.29, 1.82) is 10.5 Å². The first-order valence-corrected chi connectivity index (χ1v) is 10.7. The van der Waals surface area contributed by atoms with E-state index in [1.165, 1.54) is 0 Å². The van der Waals surface area contributed by atoms with Crippen LogP contribution in [0.3, 0.4) is 0 Å². The fourth-order valence-electron chi connectivity index (χ4n) is 3.16. The molecule has 0 atom stereocenters. The standard InChI is InChI=1S/C24H24N4OS/c1-4-28-22(16-29-15-18-8-6-5-7-9-18)27-23(17(2)3)24(28)30-21-11-19(13-25)10-20(12-21)14-26/h5-12,17H,4,15-16H2,1-3H3. The molecule has 152 valence electrons. The van der Waals surface area contributed by atoms with Crippen molar-refractivity contribution < 1.29 is 4.74 Å². The molecule has 0 saturated carbocycles. The lowest BCUT2D eigenvalue weighted by Gasteiger charge is -2.12. The van der Waals surface area contributed by atoms with Crippen LogP contribution in [0.4, 0.5) is 0 Å². The van der Waals surface area contributed by atoms with Gasteiger partial charge in [0.05, 0.1) is 35.6 Å². The molecular formula is C24H24N4OS. The number of nitriles is 2. The van der Waals surface area contributed by atoms with Crippen LogP contribution >= 0.6 is 11.8 Å². The molecule has 0 aliphatic rings. The Bertz CT molecular complexity index is 1060. The summed E-state index contributed by atoms with van der Waals surface area (Å²) in [4.78, 5) is 5.74. The molecule has 1 heterocycles. The Hall–Kier alpha value is -3.06. The third-order valence-electron chi connectivity index (χ3n) is 4.61. The number of imidazole rings is 1. The van der Waals surface area contributed by atoms with E-state index in [0.29, 0.717) is 24.3 Å². The Morgan fingerprint density at radius 2 is 1.70 bits per heavy atom. The van der Waals surface area contributed by atoms with Crippen molar-refractivity contribution in [3.63, 3.8) is 0 Å². The fraction of sp³-hybridized carbons (Fsp3) is 0.292. The van der Waals surface area contributed by atoms with Gasteiger partial charge in [0.2, 0.25) is 0 Å². The first-order valence-electron chi connectivity index (χ1n) is 9.89. The second kappa shape index (κ2) is 10.1. The number of benzene rings is 2. The largest absolute Gasteiger partial charge is 0.369 e. The molecule has 0 fully saturated rings. The average molecular weight is 417 g/mol. The van der Waals surface area contributed by atoms with Crippen molar-refractivity contribution >= 4 is 11.8 Å². The summed E-state index contributed by atoms with van der Waals surface area (Å²) in [7, 11) is 0. The lowest BCUT2D eigenvalue weighted by atomic mass is 10.1. The molecule has 6 heteroatoms. The van der Waals surface area contributed by atoms with Gasteiger partial charge in [-0.25, -0.2) is 4.98 Å². The Morgan fingerprint density at radius 3 is 2.27 bits per heavy atom. The molecule has 0 radical (unpaired) electrons. The van der Waals surface area contributed by atoms with Gasteiger partial charge in [-0.15, -0.1) is 0 Å². The normalized spacial score (nSPS) is 10.7. The molecule has 0 bridgehead atoms. The molecule has 0 unspecified atom stereocenters. The van der Waals surface area contributed by atoms with Crippen LogP contribution in [0.1, 0.15) is 54.9 Å². The van der Waals surface area contributed by atoms with Crippen LogP contribution in [-0.2, 0) is 24.5 Å². The zero-order valence-electron chi connectivity index (χ0n) is 17.4. The summed E-state index contributed by atoms with van der Waals surface area (Å²) < 4.78 is 8.10. The number of nitrogens with zero attached hydrogens (tertiary/aromatic N) is 4. The first kappa shape index (κ1) is 21.6. The van der Waals surface area contributed by atoms with Crippen molar-refractivity contribution in [2.75, 3.05) is 0 Å². The van der Waals surface area contributed by atoms with Crippen LogP contribution in [0.15, 0.2) is 58.5 Å². The van der Waals surface area contributed by atoms with Crippen molar-refractivity contribution in [2.45, 2.75) is 56.4 Å². The second-order valence-corrected chi connectivity index (χ2v) is 8.23. The number of aromatic nitrogens is 2. The first-order chi connectivity index (χ1) is 14.5. The summed E-state index contributed by atoms with van der Waals surface area (Å²) in [5, 5.41) is 19.6. The van der Waals surface area contributed by atoms with Crippen molar-refractivity contribution in [3.8, 4) is 12.1 Å². The average Bonchev–Trinajstić information content (AvgIpc) is 3.11. The summed E-state index contributed by atoms with van der Waals surface area (Å²) in [5.74, 6) is 1.12. The molecule has 0 N–H and O–H groups in total. The maximum Gasteiger partial charge on any atom is 0.136 e. The SMILES string of the molecule is CCn1c(COCc2ccccc2)nc(C(C)C)c1Sc1cc(C#N)cc(C#N)c1. The van der Waals surface area contributed by atoms with E-state index in [1.54, 1.807) is 17.8 Å². The van der Waals surface area contributed by atoms with Gasteiger partial charge in [-0.2, -0.15) is 10.5 Å². The predicted octanol–water partition coefficient (Wildman–Crippen LogP) is 5.64. The van der Waals surface area contributed by atoms with Crippen LogP contribution < -0.4 is 0 Å². The quantitative estimate of drug-likeness (QED) is 0.475. The zero-order chi connectivity index (χ0) is 21.5. The smallest absolute Gasteiger partial charge is 0.136 e. The van der Waals surface area contributed by atoms with Crippen LogP contribution in [0.25, 0.3) is 0 Å². The molecule has 3 rings (SSSR count). The second-order valence-electron chi connectivity index (χ2n) is 7.17. The lowest BCUT2D eigenvalue weighted by Crippen LogP contribution is -2.05. The van der Waals surface area contributed by atoms with Gasteiger partial charge in [0.25, 0.3) is 0 Å². The van der Waals surface area contributed by atoms with Gasteiger partial charge in [-0.3, -0.25) is 0 Å². The topological polar surface area (TPSA) is 74.6 Å². The Kier molecular flexibility index (Phi) is 7.30. The summed E-state index contributed by atoms with van der Waals surface area (Å²) >= 11 is 1.55. The van der Waals surface area contributed by atoms with Crippen LogP contribution in [0, 0.1) is 22.7 Å². The molecule has 1 aromatic heterocycles. The van der Waals surface area contributed by atoms with E-state index in [2.05, 4.69) is 37.5 Å². The van der Waals surface area contributed by atoms with E-state index in [-0.39, 0.29) is 5.92 Å². The van der Waals surface area contributed by atoms with Crippen LogP contribution in [0.2, 0.25) is 0 Å². The molecule has 3 aromatic rings. The molecule has 0 amide bonds. The van der Waals surface area contributed by atoms with E-state index in [9.17, 15) is 10.5 Å². The number of ether oxygens (including phenoxy) is 1. The summed E-state index contributed by atoms with van der Waals surface area (Å²) in [6.45, 7) is 8.04. The van der Waals surface area contributed by atoms with Crippen molar-refractivity contribution in [2.24, 2.45) is 0 Å². The van der Waals surface area contributed by atoms with Crippen LogP contribution in [0.5, 0.6) is 0 Å².